The van der Waals surface area contributed by atoms with Crippen molar-refractivity contribution in [3.8, 4) is 0 Å². The first-order valence-electron chi connectivity index (χ1n) is 2.89. The summed E-state index contributed by atoms with van der Waals surface area (Å²) in [4.78, 5) is 0. The third-order valence-corrected chi connectivity index (χ3v) is 3.70. The predicted octanol–water partition coefficient (Wildman–Crippen LogP) is 3.68. The zero-order valence-corrected chi connectivity index (χ0v) is 8.10. The summed E-state index contributed by atoms with van der Waals surface area (Å²) in [5.74, 6) is 0. The highest BCUT2D eigenvalue weighted by Crippen LogP contribution is 2.48. The van der Waals surface area contributed by atoms with E-state index < -0.39 is 8.67 Å². The molecule has 0 spiro atoms. The summed E-state index contributed by atoms with van der Waals surface area (Å²) < 4.78 is -2.17. The summed E-state index contributed by atoms with van der Waals surface area (Å²) >= 11 is 23.2. The van der Waals surface area contributed by atoms with Gasteiger partial charge in [0.2, 0.25) is 0 Å². The van der Waals surface area contributed by atoms with E-state index in [4.69, 9.17) is 46.4 Å². The molecule has 1 rings (SSSR count). The van der Waals surface area contributed by atoms with Crippen molar-refractivity contribution in [2.75, 3.05) is 0 Å². The molecule has 0 aromatic rings. The summed E-state index contributed by atoms with van der Waals surface area (Å²) in [6.45, 7) is 0. The fraction of sp³-hybridized carbons (Fsp3) is 0.667. The molecule has 0 saturated heterocycles. The number of halogens is 4. The van der Waals surface area contributed by atoms with Crippen LogP contribution in [0.2, 0.25) is 0 Å². The molecule has 4 heteroatoms. The van der Waals surface area contributed by atoms with Gasteiger partial charge in [-0.05, 0) is 18.9 Å². The largest absolute Gasteiger partial charge is 0.169 e. The molecule has 0 bridgehead atoms. The average molecular weight is 220 g/mol. The highest BCUT2D eigenvalue weighted by molar-refractivity contribution is 6.63. The molecule has 0 radical (unpaired) electrons. The monoisotopic (exact) mass is 218 g/mol. The highest BCUT2D eigenvalue weighted by Gasteiger charge is 2.46. The standard InChI is InChI=1S/C6H6Cl4/c7-5(8)3-1-2-4-6(5,9)10/h1,3H,2,4H2. The fourth-order valence-corrected chi connectivity index (χ4v) is 1.50. The van der Waals surface area contributed by atoms with E-state index in [2.05, 4.69) is 0 Å². The molecule has 0 aliphatic heterocycles. The van der Waals surface area contributed by atoms with Crippen molar-refractivity contribution in [2.45, 2.75) is 21.5 Å². The van der Waals surface area contributed by atoms with Gasteiger partial charge in [-0.3, -0.25) is 0 Å². The number of allylic oxidation sites excluding steroid dienone is 2. The van der Waals surface area contributed by atoms with E-state index in [1.165, 1.54) is 0 Å². The van der Waals surface area contributed by atoms with Crippen LogP contribution in [-0.2, 0) is 0 Å². The quantitative estimate of drug-likeness (QED) is 0.431. The molecule has 1 aliphatic carbocycles. The van der Waals surface area contributed by atoms with Crippen molar-refractivity contribution in [2.24, 2.45) is 0 Å². The zero-order valence-electron chi connectivity index (χ0n) is 5.08. The highest BCUT2D eigenvalue weighted by atomic mass is 35.5. The van der Waals surface area contributed by atoms with Gasteiger partial charge in [0.15, 0.2) is 8.67 Å². The molecule has 10 heavy (non-hydrogen) atoms. The molecule has 0 N–H and O–H groups in total. The SMILES string of the molecule is ClC1(Cl)C=CCCC1(Cl)Cl. The van der Waals surface area contributed by atoms with Crippen LogP contribution >= 0.6 is 46.4 Å². The lowest BCUT2D eigenvalue weighted by Gasteiger charge is -2.32. The Labute approximate surface area is 80.1 Å². The van der Waals surface area contributed by atoms with Gasteiger partial charge in [0.1, 0.15) is 0 Å². The Hall–Kier alpha value is 0.900. The number of alkyl halides is 4. The molecule has 1 aliphatic rings. The van der Waals surface area contributed by atoms with Crippen LogP contribution in [0.1, 0.15) is 12.8 Å². The number of rotatable bonds is 0. The van der Waals surface area contributed by atoms with Crippen LogP contribution < -0.4 is 0 Å². The normalized spacial score (nSPS) is 28.4. The maximum absolute atomic E-state index is 5.81. The Morgan fingerprint density at radius 1 is 1.10 bits per heavy atom. The van der Waals surface area contributed by atoms with Crippen LogP contribution in [0.25, 0.3) is 0 Å². The molecule has 0 fully saturated rings. The average Bonchev–Trinajstić information content (AvgIpc) is 1.77. The van der Waals surface area contributed by atoms with Gasteiger partial charge in [-0.15, -0.1) is 0 Å². The molecule has 0 atom stereocenters. The van der Waals surface area contributed by atoms with Crippen molar-refractivity contribution in [3.05, 3.63) is 12.2 Å². The van der Waals surface area contributed by atoms with E-state index >= 15 is 0 Å². The Morgan fingerprint density at radius 3 is 2.00 bits per heavy atom. The minimum atomic E-state index is -1.13. The second kappa shape index (κ2) is 2.75. The summed E-state index contributed by atoms with van der Waals surface area (Å²) in [5, 5.41) is 0. The Kier molecular flexibility index (Phi) is 2.47. The maximum atomic E-state index is 5.81. The Balaban J connectivity index is 2.87. The second-order valence-corrected chi connectivity index (χ2v) is 5.14. The Morgan fingerprint density at radius 2 is 1.70 bits per heavy atom. The lowest BCUT2D eigenvalue weighted by molar-refractivity contribution is 0.653. The van der Waals surface area contributed by atoms with E-state index in [1.54, 1.807) is 6.08 Å². The number of hydrogen-bond donors (Lipinski definition) is 0. The summed E-state index contributed by atoms with van der Waals surface area (Å²) in [7, 11) is 0. The summed E-state index contributed by atoms with van der Waals surface area (Å²) in [6, 6.07) is 0. The van der Waals surface area contributed by atoms with Gasteiger partial charge in [0.25, 0.3) is 0 Å². The van der Waals surface area contributed by atoms with Crippen molar-refractivity contribution >= 4 is 46.4 Å². The lowest BCUT2D eigenvalue weighted by atomic mass is 10.1. The van der Waals surface area contributed by atoms with Gasteiger partial charge in [0, 0.05) is 0 Å². The minimum absolute atomic E-state index is 0.597. The van der Waals surface area contributed by atoms with Gasteiger partial charge in [0.05, 0.1) is 0 Å². The third kappa shape index (κ3) is 1.55. The third-order valence-electron chi connectivity index (χ3n) is 1.44. The topological polar surface area (TPSA) is 0 Å². The van der Waals surface area contributed by atoms with Gasteiger partial charge in [-0.25, -0.2) is 0 Å². The zero-order chi connectivity index (χ0) is 7.83. The van der Waals surface area contributed by atoms with Crippen LogP contribution in [0.4, 0.5) is 0 Å². The van der Waals surface area contributed by atoms with E-state index in [9.17, 15) is 0 Å². The first kappa shape index (κ1) is 8.99. The first-order chi connectivity index (χ1) is 4.46. The molecular formula is C6H6Cl4. The van der Waals surface area contributed by atoms with E-state index in [0.29, 0.717) is 6.42 Å². The molecule has 0 amide bonds. The Bertz CT molecular complexity index is 159. The summed E-state index contributed by atoms with van der Waals surface area (Å²) in [5.41, 5.74) is 0. The molecule has 0 nitrogen and oxygen atoms in total. The second-order valence-electron chi connectivity index (χ2n) is 2.27. The van der Waals surface area contributed by atoms with Crippen LogP contribution in [0.15, 0.2) is 12.2 Å². The van der Waals surface area contributed by atoms with E-state index in [0.717, 1.165) is 6.42 Å². The van der Waals surface area contributed by atoms with Crippen LogP contribution in [0.5, 0.6) is 0 Å². The van der Waals surface area contributed by atoms with Crippen LogP contribution in [-0.4, -0.2) is 8.67 Å². The lowest BCUT2D eigenvalue weighted by Crippen LogP contribution is -2.36. The molecular weight excluding hydrogens is 214 g/mol. The van der Waals surface area contributed by atoms with Crippen molar-refractivity contribution in [1.29, 1.82) is 0 Å². The molecule has 0 saturated carbocycles. The predicted molar refractivity (Wildman–Crippen MR) is 47.2 cm³/mol. The summed E-state index contributed by atoms with van der Waals surface area (Å²) in [6.07, 6.45) is 4.93. The maximum Gasteiger partial charge on any atom is 0.169 e. The fourth-order valence-electron chi connectivity index (χ4n) is 0.785. The molecule has 0 aromatic carbocycles. The van der Waals surface area contributed by atoms with Gasteiger partial charge in [-0.1, -0.05) is 52.5 Å². The van der Waals surface area contributed by atoms with Gasteiger partial charge < -0.3 is 0 Å². The molecule has 58 valence electrons. The van der Waals surface area contributed by atoms with Crippen molar-refractivity contribution in [3.63, 3.8) is 0 Å². The van der Waals surface area contributed by atoms with E-state index in [-0.39, 0.29) is 0 Å². The van der Waals surface area contributed by atoms with Gasteiger partial charge in [-0.2, -0.15) is 0 Å². The van der Waals surface area contributed by atoms with Crippen molar-refractivity contribution < 1.29 is 0 Å². The van der Waals surface area contributed by atoms with Gasteiger partial charge >= 0.3 is 0 Å². The first-order valence-corrected chi connectivity index (χ1v) is 4.40. The smallest absolute Gasteiger partial charge is 0.0979 e. The molecule has 0 unspecified atom stereocenters. The molecule has 0 aromatic heterocycles. The van der Waals surface area contributed by atoms with E-state index in [1.807, 2.05) is 6.08 Å². The van der Waals surface area contributed by atoms with Crippen LogP contribution in [0.3, 0.4) is 0 Å². The molecule has 0 heterocycles. The number of hydrogen-bond acceptors (Lipinski definition) is 0. The minimum Gasteiger partial charge on any atom is -0.0979 e. The van der Waals surface area contributed by atoms with Crippen LogP contribution in [0, 0.1) is 0 Å². The van der Waals surface area contributed by atoms with Crippen molar-refractivity contribution in [1.82, 2.24) is 0 Å².